The minimum Gasteiger partial charge on any atom is -0.457 e. The summed E-state index contributed by atoms with van der Waals surface area (Å²) in [5.41, 5.74) is -1.41. The van der Waals surface area contributed by atoms with Crippen LogP contribution >= 0.6 is 0 Å². The van der Waals surface area contributed by atoms with Crippen LogP contribution < -0.4 is 0 Å². The summed E-state index contributed by atoms with van der Waals surface area (Å²) in [6, 6.07) is 0. The summed E-state index contributed by atoms with van der Waals surface area (Å²) < 4.78 is 18.8. The number of carbonyl (C=O) groups excluding carboxylic acids is 3. The average molecular weight is 660 g/mol. The number of piperazine rings is 1. The number of ketones is 2. The topological polar surface area (TPSA) is 158 Å². The molecule has 4 aliphatic carbocycles. The second-order valence-corrected chi connectivity index (χ2v) is 14.8. The number of nitrogens with zero attached hydrogens (tertiary/aromatic N) is 3. The van der Waals surface area contributed by atoms with Gasteiger partial charge >= 0.3 is 5.97 Å². The highest BCUT2D eigenvalue weighted by atomic mass is 16.9. The maximum Gasteiger partial charge on any atom is 0.320 e. The molecule has 1 N–H and O–H groups in total. The van der Waals surface area contributed by atoms with Gasteiger partial charge in [-0.1, -0.05) is 38.8 Å². The van der Waals surface area contributed by atoms with E-state index in [1.54, 1.807) is 12.2 Å². The first-order chi connectivity index (χ1) is 22.4. The Balaban J connectivity index is 1.11. The number of carbonyl (C=O) groups is 3. The highest BCUT2D eigenvalue weighted by Crippen LogP contribution is 2.69. The maximum atomic E-state index is 14.4. The quantitative estimate of drug-likeness (QED) is 0.141. The first kappa shape index (κ1) is 34.2. The number of hydrogen-bond donors (Lipinski definition) is 1. The lowest BCUT2D eigenvalue weighted by Crippen LogP contribution is -2.63. The molecule has 0 bridgehead atoms. The second kappa shape index (κ2) is 13.3. The molecule has 3 saturated carbocycles. The number of aliphatic hydroxyl groups is 1. The van der Waals surface area contributed by atoms with Crippen LogP contribution in [0.15, 0.2) is 23.8 Å². The molecule has 2 aliphatic heterocycles. The number of allylic oxidation sites excluding steroid dienone is 4. The van der Waals surface area contributed by atoms with E-state index in [4.69, 9.17) is 14.2 Å². The van der Waals surface area contributed by atoms with Crippen LogP contribution in [0, 0.1) is 38.7 Å². The first-order valence-electron chi connectivity index (χ1n) is 17.3. The molecule has 13 nitrogen and oxygen atoms in total. The van der Waals surface area contributed by atoms with Crippen LogP contribution in [0.5, 0.6) is 0 Å². The van der Waals surface area contributed by atoms with Gasteiger partial charge in [0, 0.05) is 49.5 Å². The van der Waals surface area contributed by atoms with E-state index in [2.05, 4.69) is 23.6 Å². The minimum absolute atomic E-state index is 0.00970. The molecule has 0 spiro atoms. The van der Waals surface area contributed by atoms with Gasteiger partial charge in [0.05, 0.1) is 25.4 Å². The average Bonchev–Trinajstić information content (AvgIpc) is 3.51. The lowest BCUT2D eigenvalue weighted by molar-refractivity contribution is -0.757. The Labute approximate surface area is 275 Å². The van der Waals surface area contributed by atoms with E-state index in [-0.39, 0.29) is 42.5 Å². The molecule has 0 amide bonds. The summed E-state index contributed by atoms with van der Waals surface area (Å²) >= 11 is 0. The Hall–Kier alpha value is -2.71. The van der Waals surface area contributed by atoms with Gasteiger partial charge in [-0.15, -0.1) is 10.1 Å². The summed E-state index contributed by atoms with van der Waals surface area (Å²) in [5, 5.41) is 21.4. The Morgan fingerprint density at radius 3 is 2.66 bits per heavy atom. The molecule has 260 valence electrons. The number of esters is 1. The van der Waals surface area contributed by atoms with E-state index in [1.807, 2.05) is 17.9 Å². The van der Waals surface area contributed by atoms with E-state index in [9.17, 15) is 29.6 Å². The van der Waals surface area contributed by atoms with Crippen molar-refractivity contribution < 1.29 is 43.6 Å². The molecule has 5 fully saturated rings. The van der Waals surface area contributed by atoms with Gasteiger partial charge < -0.3 is 29.1 Å². The standard InChI is InChI=1S/C34H49N3O10/c1-4-6-30-46-28-18-25-24-8-7-22-17-23(38)9-10-32(22,2)31(24)26(39)19-33(25,3)34(28,47-30)27(40)21-44-29(41)20-36-14-12-35(13-15-36)11-5-16-45-37(42)43/h9-10,17,24-26,28,30-31,39H,4-8,11-16,18-21H2,1-3H3/t24?,25?,26?,28-,30?,31?,32+,33+,34-/m1/s1. The molecule has 0 aromatic rings. The van der Waals surface area contributed by atoms with Gasteiger partial charge in [0.2, 0.25) is 5.78 Å². The summed E-state index contributed by atoms with van der Waals surface area (Å²) in [6.07, 6.45) is 8.15. The molecular formula is C34H49N3O10. The first-order valence-corrected chi connectivity index (χ1v) is 17.3. The maximum absolute atomic E-state index is 14.4. The molecule has 0 aromatic heterocycles. The third kappa shape index (κ3) is 6.07. The highest BCUT2D eigenvalue weighted by molar-refractivity contribution is 6.01. The number of hydrogen-bond acceptors (Lipinski definition) is 12. The fourth-order valence-corrected chi connectivity index (χ4v) is 10.1. The minimum atomic E-state index is -1.33. The zero-order valence-corrected chi connectivity index (χ0v) is 27.8. The summed E-state index contributed by atoms with van der Waals surface area (Å²) in [7, 11) is 0. The zero-order chi connectivity index (χ0) is 33.6. The van der Waals surface area contributed by atoms with Crippen molar-refractivity contribution in [3.05, 3.63) is 33.9 Å². The van der Waals surface area contributed by atoms with Gasteiger partial charge in [0.15, 0.2) is 24.3 Å². The zero-order valence-electron chi connectivity index (χ0n) is 27.8. The largest absolute Gasteiger partial charge is 0.457 e. The van der Waals surface area contributed by atoms with Crippen LogP contribution in [0.4, 0.5) is 0 Å². The number of rotatable bonds is 12. The molecule has 13 heteroatoms. The van der Waals surface area contributed by atoms with Crippen molar-refractivity contribution in [2.45, 2.75) is 89.8 Å². The van der Waals surface area contributed by atoms with Crippen molar-refractivity contribution in [2.75, 3.05) is 52.5 Å². The van der Waals surface area contributed by atoms with Crippen molar-refractivity contribution >= 4 is 17.5 Å². The van der Waals surface area contributed by atoms with Gasteiger partial charge in [-0.05, 0) is 62.5 Å². The summed E-state index contributed by atoms with van der Waals surface area (Å²) in [6.45, 7) is 9.30. The van der Waals surface area contributed by atoms with Crippen LogP contribution in [0.2, 0.25) is 0 Å². The molecular weight excluding hydrogens is 610 g/mol. The SMILES string of the molecule is CCCC1O[C@@H]2CC3C4CCC5=CC(=O)C=C[C@]5(C)C4C(O)C[C@]3(C)[C@]2(C(=O)COC(=O)CN2CCN(CCCO[N+](=O)[O-])CC2)O1. The molecule has 5 unspecified atom stereocenters. The van der Waals surface area contributed by atoms with E-state index in [0.717, 1.165) is 24.8 Å². The molecule has 0 aromatic carbocycles. The Morgan fingerprint density at radius 2 is 1.94 bits per heavy atom. The van der Waals surface area contributed by atoms with Crippen molar-refractivity contribution in [1.29, 1.82) is 0 Å². The summed E-state index contributed by atoms with van der Waals surface area (Å²) in [5.74, 6) is -0.727. The molecule has 0 radical (unpaired) electrons. The molecule has 2 heterocycles. The van der Waals surface area contributed by atoms with E-state index < -0.39 is 52.6 Å². The van der Waals surface area contributed by atoms with Crippen LogP contribution in [-0.2, 0) is 33.4 Å². The van der Waals surface area contributed by atoms with Gasteiger partial charge in [-0.25, -0.2) is 0 Å². The number of aliphatic hydroxyl groups excluding tert-OH is 1. The Bertz CT molecular complexity index is 1310. The van der Waals surface area contributed by atoms with Crippen LogP contribution in [0.3, 0.4) is 0 Å². The van der Waals surface area contributed by atoms with Crippen LogP contribution in [-0.4, -0.2) is 114 Å². The van der Waals surface area contributed by atoms with Crippen LogP contribution in [0.25, 0.3) is 0 Å². The molecule has 6 aliphatic rings. The van der Waals surface area contributed by atoms with Crippen molar-refractivity contribution in [2.24, 2.45) is 28.6 Å². The lowest BCUT2D eigenvalue weighted by Gasteiger charge is -2.59. The van der Waals surface area contributed by atoms with Crippen molar-refractivity contribution in [1.82, 2.24) is 9.80 Å². The second-order valence-electron chi connectivity index (χ2n) is 14.8. The van der Waals surface area contributed by atoms with Crippen molar-refractivity contribution in [3.8, 4) is 0 Å². The predicted molar refractivity (Wildman–Crippen MR) is 167 cm³/mol. The predicted octanol–water partition coefficient (Wildman–Crippen LogP) is 2.48. The lowest BCUT2D eigenvalue weighted by atomic mass is 9.46. The highest BCUT2D eigenvalue weighted by Gasteiger charge is 2.75. The van der Waals surface area contributed by atoms with E-state index in [1.165, 1.54) is 0 Å². The number of ether oxygens (including phenoxy) is 3. The van der Waals surface area contributed by atoms with Gasteiger partial charge in [-0.3, -0.25) is 19.3 Å². The molecule has 2 saturated heterocycles. The van der Waals surface area contributed by atoms with Gasteiger partial charge in [0.25, 0.3) is 5.09 Å². The Morgan fingerprint density at radius 1 is 1.19 bits per heavy atom. The van der Waals surface area contributed by atoms with Crippen molar-refractivity contribution in [3.63, 3.8) is 0 Å². The van der Waals surface area contributed by atoms with Gasteiger partial charge in [-0.2, -0.15) is 0 Å². The number of fused-ring (bicyclic) bond motifs is 7. The molecule has 6 rings (SSSR count). The van der Waals surface area contributed by atoms with Gasteiger partial charge in [0.1, 0.15) is 0 Å². The van der Waals surface area contributed by atoms with Crippen LogP contribution in [0.1, 0.15) is 65.7 Å². The smallest absolute Gasteiger partial charge is 0.320 e. The fraction of sp³-hybridized carbons (Fsp3) is 0.794. The Kier molecular flexibility index (Phi) is 9.67. The third-order valence-corrected chi connectivity index (χ3v) is 12.2. The molecule has 9 atom stereocenters. The van der Waals surface area contributed by atoms with E-state index in [0.29, 0.717) is 58.4 Å². The number of Topliss-reactive ketones (excluding diaryl/α,β-unsaturated/α-hetero) is 1. The normalized spacial score (nSPS) is 39.7. The summed E-state index contributed by atoms with van der Waals surface area (Å²) in [4.78, 5) is 58.4. The molecule has 47 heavy (non-hydrogen) atoms. The fourth-order valence-electron chi connectivity index (χ4n) is 10.1. The van der Waals surface area contributed by atoms with E-state index >= 15 is 0 Å². The third-order valence-electron chi connectivity index (χ3n) is 12.2. The monoisotopic (exact) mass is 659 g/mol.